The van der Waals surface area contributed by atoms with Crippen molar-refractivity contribution in [2.45, 2.75) is 44.9 Å². The molecule has 4 nitrogen and oxygen atoms in total. The van der Waals surface area contributed by atoms with E-state index in [1.54, 1.807) is 12.1 Å². The molecule has 31 heavy (non-hydrogen) atoms. The molecule has 0 aliphatic heterocycles. The van der Waals surface area contributed by atoms with E-state index in [9.17, 15) is 4.79 Å². The smallest absolute Gasteiger partial charge is 0.227 e. The highest BCUT2D eigenvalue weighted by molar-refractivity contribution is 6.42. The lowest BCUT2D eigenvalue weighted by atomic mass is 9.49. The van der Waals surface area contributed by atoms with Crippen LogP contribution in [0.15, 0.2) is 40.8 Å². The monoisotopic (exact) mass is 454 g/mol. The number of rotatable bonds is 4. The molecule has 1 heterocycles. The van der Waals surface area contributed by atoms with E-state index < -0.39 is 0 Å². The summed E-state index contributed by atoms with van der Waals surface area (Å²) < 4.78 is 5.87. The van der Waals surface area contributed by atoms with E-state index >= 15 is 0 Å². The summed E-state index contributed by atoms with van der Waals surface area (Å²) in [6.45, 7) is 0. The Labute approximate surface area is 191 Å². The number of fused-ring (bicyclic) bond motifs is 1. The minimum atomic E-state index is 0.120. The van der Waals surface area contributed by atoms with Gasteiger partial charge in [0.1, 0.15) is 5.52 Å². The van der Waals surface area contributed by atoms with Crippen molar-refractivity contribution in [3.63, 3.8) is 0 Å². The maximum Gasteiger partial charge on any atom is 0.227 e. The minimum Gasteiger partial charge on any atom is -0.436 e. The lowest BCUT2D eigenvalue weighted by Crippen LogP contribution is -2.47. The fraction of sp³-hybridized carbons (Fsp3) is 0.440. The zero-order valence-corrected chi connectivity index (χ0v) is 18.7. The molecule has 1 aromatic heterocycles. The number of benzene rings is 2. The van der Waals surface area contributed by atoms with Crippen molar-refractivity contribution in [1.82, 2.24) is 4.98 Å². The number of anilines is 1. The first-order valence-corrected chi connectivity index (χ1v) is 11.9. The van der Waals surface area contributed by atoms with Crippen LogP contribution in [-0.2, 0) is 4.79 Å². The van der Waals surface area contributed by atoms with Crippen LogP contribution in [0, 0.1) is 23.2 Å². The number of nitrogens with zero attached hydrogens (tertiary/aromatic N) is 1. The van der Waals surface area contributed by atoms with Crippen molar-refractivity contribution in [1.29, 1.82) is 0 Å². The van der Waals surface area contributed by atoms with Gasteiger partial charge in [0, 0.05) is 17.7 Å². The van der Waals surface area contributed by atoms with Crippen LogP contribution in [0.1, 0.15) is 44.9 Å². The maximum atomic E-state index is 12.9. The lowest BCUT2D eigenvalue weighted by molar-refractivity contribution is -0.124. The second-order valence-electron chi connectivity index (χ2n) is 9.97. The molecule has 0 atom stereocenters. The first-order valence-electron chi connectivity index (χ1n) is 11.1. The second kappa shape index (κ2) is 7.25. The Hall–Kier alpha value is -2.04. The number of oxazole rings is 1. The Morgan fingerprint density at radius 3 is 2.39 bits per heavy atom. The molecule has 4 bridgehead atoms. The van der Waals surface area contributed by atoms with E-state index in [0.717, 1.165) is 29.0 Å². The molecule has 0 unspecified atom stereocenters. The molecule has 3 aromatic rings. The van der Waals surface area contributed by atoms with E-state index in [-0.39, 0.29) is 11.3 Å². The minimum absolute atomic E-state index is 0.120. The summed E-state index contributed by atoms with van der Waals surface area (Å²) in [6, 6.07) is 10.9. The zero-order chi connectivity index (χ0) is 21.2. The van der Waals surface area contributed by atoms with Crippen molar-refractivity contribution >= 4 is 45.9 Å². The van der Waals surface area contributed by atoms with Gasteiger partial charge in [-0.25, -0.2) is 4.98 Å². The highest BCUT2D eigenvalue weighted by atomic mass is 35.5. The summed E-state index contributed by atoms with van der Waals surface area (Å²) in [5.41, 5.74) is 3.13. The van der Waals surface area contributed by atoms with E-state index in [4.69, 9.17) is 27.6 Å². The average Bonchev–Trinajstić information content (AvgIpc) is 3.12. The summed E-state index contributed by atoms with van der Waals surface area (Å²) in [7, 11) is 0. The highest BCUT2D eigenvalue weighted by Crippen LogP contribution is 2.61. The van der Waals surface area contributed by atoms with Gasteiger partial charge in [-0.15, -0.1) is 0 Å². The van der Waals surface area contributed by atoms with Crippen molar-refractivity contribution < 1.29 is 9.21 Å². The first kappa shape index (κ1) is 19.6. The van der Waals surface area contributed by atoms with Gasteiger partial charge < -0.3 is 9.73 Å². The van der Waals surface area contributed by atoms with Gasteiger partial charge in [0.15, 0.2) is 5.58 Å². The van der Waals surface area contributed by atoms with Gasteiger partial charge in [0.25, 0.3) is 0 Å². The predicted molar refractivity (Wildman–Crippen MR) is 123 cm³/mol. The van der Waals surface area contributed by atoms with E-state index in [2.05, 4.69) is 10.3 Å². The number of carbonyl (C=O) groups is 1. The normalized spacial score (nSPS) is 28.9. The van der Waals surface area contributed by atoms with Gasteiger partial charge in [-0.05, 0) is 98.1 Å². The van der Waals surface area contributed by atoms with Crippen LogP contribution in [0.4, 0.5) is 5.69 Å². The van der Waals surface area contributed by atoms with Crippen LogP contribution in [0.2, 0.25) is 10.0 Å². The molecule has 0 saturated heterocycles. The van der Waals surface area contributed by atoms with Crippen molar-refractivity contribution in [3.05, 3.63) is 46.4 Å². The fourth-order valence-electron chi connectivity index (χ4n) is 6.81. The zero-order valence-electron chi connectivity index (χ0n) is 17.2. The molecule has 0 radical (unpaired) electrons. The Morgan fingerprint density at radius 2 is 1.71 bits per heavy atom. The van der Waals surface area contributed by atoms with Gasteiger partial charge in [0.2, 0.25) is 11.8 Å². The van der Waals surface area contributed by atoms with Crippen LogP contribution in [-0.4, -0.2) is 10.9 Å². The number of aromatic nitrogens is 1. The largest absolute Gasteiger partial charge is 0.436 e. The van der Waals surface area contributed by atoms with Gasteiger partial charge in [-0.3, -0.25) is 4.79 Å². The van der Waals surface area contributed by atoms with Crippen LogP contribution in [0.25, 0.3) is 22.6 Å². The Bertz CT molecular complexity index is 1150. The molecule has 2 aromatic carbocycles. The number of hydrogen-bond acceptors (Lipinski definition) is 3. The standard InChI is InChI=1S/C25H24Cl2N2O2/c26-19-3-1-17(8-20(19)27)24-29-21-9-18(2-4-22(21)31-24)28-23(30)13-25-10-14-5-15(11-25)7-16(6-14)12-25/h1-4,8-9,14-16H,5-7,10-13H2,(H,28,30). The number of nitrogens with one attached hydrogen (secondary N) is 1. The molecule has 6 heteroatoms. The third-order valence-electron chi connectivity index (χ3n) is 7.54. The van der Waals surface area contributed by atoms with Crippen molar-refractivity contribution in [2.24, 2.45) is 23.2 Å². The second-order valence-corrected chi connectivity index (χ2v) is 10.8. The third kappa shape index (κ3) is 3.64. The summed E-state index contributed by atoms with van der Waals surface area (Å²) in [5, 5.41) is 4.06. The highest BCUT2D eigenvalue weighted by Gasteiger charge is 2.51. The van der Waals surface area contributed by atoms with Crippen molar-refractivity contribution in [3.8, 4) is 11.5 Å². The molecule has 7 rings (SSSR count). The summed E-state index contributed by atoms with van der Waals surface area (Å²) >= 11 is 12.1. The Morgan fingerprint density at radius 1 is 1.00 bits per heavy atom. The van der Waals surface area contributed by atoms with Gasteiger partial charge >= 0.3 is 0 Å². The topological polar surface area (TPSA) is 55.1 Å². The van der Waals surface area contributed by atoms with Gasteiger partial charge in [0.05, 0.1) is 10.0 Å². The van der Waals surface area contributed by atoms with Crippen LogP contribution in [0.5, 0.6) is 0 Å². The van der Waals surface area contributed by atoms with E-state index in [1.165, 1.54) is 38.5 Å². The van der Waals surface area contributed by atoms with Crippen LogP contribution >= 0.6 is 23.2 Å². The summed E-state index contributed by atoms with van der Waals surface area (Å²) in [6.07, 6.45) is 8.54. The molecule has 4 saturated carbocycles. The molecular formula is C25H24Cl2N2O2. The lowest BCUT2D eigenvalue weighted by Gasteiger charge is -2.56. The quantitative estimate of drug-likeness (QED) is 0.448. The number of carbonyl (C=O) groups excluding carboxylic acids is 1. The molecule has 1 amide bonds. The van der Waals surface area contributed by atoms with Crippen molar-refractivity contribution in [2.75, 3.05) is 5.32 Å². The van der Waals surface area contributed by atoms with E-state index in [0.29, 0.717) is 33.5 Å². The summed E-state index contributed by atoms with van der Waals surface area (Å²) in [4.78, 5) is 17.5. The molecular weight excluding hydrogens is 431 g/mol. The number of halogens is 2. The fourth-order valence-corrected chi connectivity index (χ4v) is 7.11. The molecule has 4 fully saturated rings. The Balaban J connectivity index is 1.19. The molecule has 4 aliphatic carbocycles. The van der Waals surface area contributed by atoms with E-state index in [1.807, 2.05) is 24.3 Å². The van der Waals surface area contributed by atoms with Crippen LogP contribution in [0.3, 0.4) is 0 Å². The number of hydrogen-bond donors (Lipinski definition) is 1. The molecule has 160 valence electrons. The summed E-state index contributed by atoms with van der Waals surface area (Å²) in [5.74, 6) is 3.15. The van der Waals surface area contributed by atoms with Gasteiger partial charge in [-0.1, -0.05) is 23.2 Å². The Kier molecular flexibility index (Phi) is 4.59. The van der Waals surface area contributed by atoms with Gasteiger partial charge in [-0.2, -0.15) is 0 Å². The molecule has 0 spiro atoms. The SMILES string of the molecule is O=C(CC12CC3CC(CC(C3)C1)C2)Nc1ccc2oc(-c3ccc(Cl)c(Cl)c3)nc2c1. The maximum absolute atomic E-state index is 12.9. The molecule has 1 N–H and O–H groups in total. The molecule has 4 aliphatic rings. The predicted octanol–water partition coefficient (Wildman–Crippen LogP) is 7.35. The third-order valence-corrected chi connectivity index (χ3v) is 8.28. The first-order chi connectivity index (χ1) is 14.9. The number of amides is 1. The average molecular weight is 455 g/mol. The van der Waals surface area contributed by atoms with Crippen LogP contribution < -0.4 is 5.32 Å².